The first kappa shape index (κ1) is 24.7. The van der Waals surface area contributed by atoms with E-state index in [2.05, 4.69) is 10.4 Å². The number of aryl methyl sites for hydroxylation is 2. The minimum absolute atomic E-state index is 0.0707. The number of anilines is 2. The third kappa shape index (κ3) is 4.83. The van der Waals surface area contributed by atoms with Crippen LogP contribution in [0, 0.1) is 18.6 Å². The van der Waals surface area contributed by atoms with E-state index in [1.807, 2.05) is 0 Å². The lowest BCUT2D eigenvalue weighted by atomic mass is 10.1. The molecule has 10 heteroatoms. The maximum absolute atomic E-state index is 14.8. The number of halogens is 2. The van der Waals surface area contributed by atoms with Crippen molar-refractivity contribution in [2.24, 2.45) is 7.05 Å². The Balaban J connectivity index is 1.31. The highest BCUT2D eigenvalue weighted by Gasteiger charge is 2.15. The van der Waals surface area contributed by atoms with E-state index < -0.39 is 23.1 Å². The molecule has 192 valence electrons. The molecule has 0 spiro atoms. The number of rotatable bonds is 6. The first-order chi connectivity index (χ1) is 18.2. The van der Waals surface area contributed by atoms with Crippen molar-refractivity contribution in [3.8, 4) is 17.2 Å². The highest BCUT2D eigenvalue weighted by molar-refractivity contribution is 5.92. The molecule has 0 bridgehead atoms. The number of nitrogen functional groups attached to an aromatic ring is 1. The third-order valence-electron chi connectivity index (χ3n) is 6.11. The molecule has 0 saturated carbocycles. The van der Waals surface area contributed by atoms with Gasteiger partial charge in [0.05, 0.1) is 23.8 Å². The molecule has 1 amide bonds. The van der Waals surface area contributed by atoms with Crippen LogP contribution in [0.5, 0.6) is 11.5 Å². The summed E-state index contributed by atoms with van der Waals surface area (Å²) in [7, 11) is 1.79. The number of nitrogens with zero attached hydrogens (tertiary/aromatic N) is 3. The molecule has 8 nitrogen and oxygen atoms in total. The quantitative estimate of drug-likeness (QED) is 0.314. The Morgan fingerprint density at radius 1 is 1.03 bits per heavy atom. The highest BCUT2D eigenvalue weighted by Crippen LogP contribution is 2.33. The second-order valence-electron chi connectivity index (χ2n) is 8.81. The Bertz CT molecular complexity index is 1740. The van der Waals surface area contributed by atoms with Gasteiger partial charge in [-0.05, 0) is 61.5 Å². The summed E-state index contributed by atoms with van der Waals surface area (Å²) in [4.78, 5) is 25.7. The lowest BCUT2D eigenvalue weighted by Crippen LogP contribution is -2.27. The molecule has 38 heavy (non-hydrogen) atoms. The van der Waals surface area contributed by atoms with Crippen molar-refractivity contribution in [3.63, 3.8) is 0 Å². The summed E-state index contributed by atoms with van der Waals surface area (Å²) in [5, 5.41) is 7.55. The molecule has 3 N–H and O–H groups in total. The van der Waals surface area contributed by atoms with E-state index in [-0.39, 0.29) is 29.2 Å². The summed E-state index contributed by atoms with van der Waals surface area (Å²) in [6.45, 7) is 1.74. The average Bonchev–Trinajstić information content (AvgIpc) is 3.23. The standard InChI is InChI=1S/C28H23F2N5O3/c1-16-3-4-17(28(37)35(16)21-8-5-19(29)6-9-21)12-27(36)33-20-7-10-25(22(30)13-20)38-26-11-18-15-32-34(2)24(18)14-23(26)31/h3-11,13-15H,12,31H2,1-2H3,(H,33,36). The largest absolute Gasteiger partial charge is 0.452 e. The second kappa shape index (κ2) is 9.81. The number of nitrogens with one attached hydrogen (secondary N) is 1. The molecule has 5 rings (SSSR count). The van der Waals surface area contributed by atoms with E-state index in [1.165, 1.54) is 41.0 Å². The molecule has 0 saturated heterocycles. The monoisotopic (exact) mass is 515 g/mol. The number of carbonyl (C=O) groups excluding carboxylic acids is 1. The number of amides is 1. The summed E-state index contributed by atoms with van der Waals surface area (Å²) in [5.74, 6) is -1.42. The Kier molecular flexibility index (Phi) is 6.38. The number of nitrogens with two attached hydrogens (primary N) is 1. The SMILES string of the molecule is Cc1ccc(CC(=O)Nc2ccc(Oc3cc4cnn(C)c4cc3N)c(F)c2)c(=O)n1-c1ccc(F)cc1. The predicted octanol–water partition coefficient (Wildman–Crippen LogP) is 4.87. The van der Waals surface area contributed by atoms with Gasteiger partial charge in [0.2, 0.25) is 5.91 Å². The smallest absolute Gasteiger partial charge is 0.259 e. The molecule has 0 atom stereocenters. The van der Waals surface area contributed by atoms with Crippen LogP contribution in [0.15, 0.2) is 77.7 Å². The van der Waals surface area contributed by atoms with Gasteiger partial charge in [0.15, 0.2) is 17.3 Å². The predicted molar refractivity (Wildman–Crippen MR) is 141 cm³/mol. The normalized spacial score (nSPS) is 11.1. The summed E-state index contributed by atoms with van der Waals surface area (Å²) in [6, 6.07) is 16.1. The van der Waals surface area contributed by atoms with Gasteiger partial charge in [-0.2, -0.15) is 5.10 Å². The lowest BCUT2D eigenvalue weighted by molar-refractivity contribution is -0.115. The summed E-state index contributed by atoms with van der Waals surface area (Å²) >= 11 is 0. The maximum atomic E-state index is 14.8. The van der Waals surface area contributed by atoms with Crippen molar-refractivity contribution in [2.75, 3.05) is 11.1 Å². The van der Waals surface area contributed by atoms with E-state index in [0.717, 1.165) is 17.0 Å². The number of pyridine rings is 1. The fraction of sp³-hybridized carbons (Fsp3) is 0.107. The lowest BCUT2D eigenvalue weighted by Gasteiger charge is -2.13. The zero-order valence-electron chi connectivity index (χ0n) is 20.5. The summed E-state index contributed by atoms with van der Waals surface area (Å²) in [6.07, 6.45) is 1.42. The fourth-order valence-electron chi connectivity index (χ4n) is 4.16. The van der Waals surface area contributed by atoms with Gasteiger partial charge in [0, 0.05) is 41.1 Å². The van der Waals surface area contributed by atoms with Gasteiger partial charge < -0.3 is 15.8 Å². The summed E-state index contributed by atoms with van der Waals surface area (Å²) in [5.41, 5.74) is 8.35. The van der Waals surface area contributed by atoms with Gasteiger partial charge in [-0.3, -0.25) is 18.8 Å². The molecule has 0 fully saturated rings. The second-order valence-corrected chi connectivity index (χ2v) is 8.81. The number of carbonyl (C=O) groups is 1. The number of fused-ring (bicyclic) bond motifs is 1. The molecule has 0 unspecified atom stereocenters. The first-order valence-corrected chi connectivity index (χ1v) is 11.7. The minimum Gasteiger partial charge on any atom is -0.452 e. The van der Waals surface area contributed by atoms with Gasteiger partial charge >= 0.3 is 0 Å². The molecular weight excluding hydrogens is 492 g/mol. The zero-order valence-corrected chi connectivity index (χ0v) is 20.5. The average molecular weight is 516 g/mol. The van der Waals surface area contributed by atoms with Crippen LogP contribution in [-0.4, -0.2) is 20.3 Å². The Labute approximate surface area is 215 Å². The van der Waals surface area contributed by atoms with E-state index in [4.69, 9.17) is 10.5 Å². The van der Waals surface area contributed by atoms with Crippen molar-refractivity contribution in [1.29, 1.82) is 0 Å². The third-order valence-corrected chi connectivity index (χ3v) is 6.11. The van der Waals surface area contributed by atoms with Gasteiger partial charge in [-0.1, -0.05) is 6.07 Å². The molecule has 3 aromatic carbocycles. The number of aromatic nitrogens is 3. The number of hydrogen-bond donors (Lipinski definition) is 2. The van der Waals surface area contributed by atoms with E-state index in [1.54, 1.807) is 49.1 Å². The van der Waals surface area contributed by atoms with Crippen molar-refractivity contribution < 1.29 is 18.3 Å². The van der Waals surface area contributed by atoms with Gasteiger partial charge in [-0.15, -0.1) is 0 Å². The number of hydrogen-bond acceptors (Lipinski definition) is 5. The molecule has 0 aliphatic heterocycles. The maximum Gasteiger partial charge on any atom is 0.259 e. The Morgan fingerprint density at radius 2 is 1.79 bits per heavy atom. The molecule has 2 aromatic heterocycles. The van der Waals surface area contributed by atoms with Crippen molar-refractivity contribution in [1.82, 2.24) is 14.3 Å². The summed E-state index contributed by atoms with van der Waals surface area (Å²) < 4.78 is 36.9. The van der Waals surface area contributed by atoms with Gasteiger partial charge in [0.1, 0.15) is 5.82 Å². The van der Waals surface area contributed by atoms with E-state index >= 15 is 0 Å². The molecule has 0 radical (unpaired) electrons. The minimum atomic E-state index is -0.706. The first-order valence-electron chi connectivity index (χ1n) is 11.7. The van der Waals surface area contributed by atoms with Crippen molar-refractivity contribution in [2.45, 2.75) is 13.3 Å². The zero-order chi connectivity index (χ0) is 27.0. The van der Waals surface area contributed by atoms with Gasteiger partial charge in [-0.25, -0.2) is 8.78 Å². The van der Waals surface area contributed by atoms with Crippen LogP contribution in [0.3, 0.4) is 0 Å². The Morgan fingerprint density at radius 3 is 2.53 bits per heavy atom. The molecule has 0 aliphatic carbocycles. The number of benzene rings is 3. The van der Waals surface area contributed by atoms with E-state index in [9.17, 15) is 18.4 Å². The molecule has 5 aromatic rings. The topological polar surface area (TPSA) is 104 Å². The van der Waals surface area contributed by atoms with Crippen LogP contribution in [-0.2, 0) is 18.3 Å². The van der Waals surface area contributed by atoms with Crippen LogP contribution in [0.4, 0.5) is 20.2 Å². The van der Waals surface area contributed by atoms with Gasteiger partial charge in [0.25, 0.3) is 5.56 Å². The number of ether oxygens (including phenoxy) is 1. The van der Waals surface area contributed by atoms with Crippen molar-refractivity contribution in [3.05, 3.63) is 106 Å². The van der Waals surface area contributed by atoms with Crippen LogP contribution < -0.4 is 21.3 Å². The highest BCUT2D eigenvalue weighted by atomic mass is 19.1. The van der Waals surface area contributed by atoms with Crippen molar-refractivity contribution >= 4 is 28.2 Å². The van der Waals surface area contributed by atoms with E-state index in [0.29, 0.717) is 17.1 Å². The fourth-order valence-corrected chi connectivity index (χ4v) is 4.16. The van der Waals surface area contributed by atoms with Crippen LogP contribution in [0.25, 0.3) is 16.6 Å². The van der Waals surface area contributed by atoms with Crippen LogP contribution in [0.2, 0.25) is 0 Å². The molecule has 2 heterocycles. The molecule has 0 aliphatic rings. The van der Waals surface area contributed by atoms with Crippen LogP contribution >= 0.6 is 0 Å². The Hall–Kier alpha value is -4.99. The van der Waals surface area contributed by atoms with Crippen LogP contribution in [0.1, 0.15) is 11.3 Å². The molecular formula is C28H23F2N5O3.